The van der Waals surface area contributed by atoms with Gasteiger partial charge in [-0.05, 0) is 54.6 Å². The van der Waals surface area contributed by atoms with Gasteiger partial charge in [0, 0.05) is 64.1 Å². The smallest absolute Gasteiger partial charge is 0.165 e. The molecule has 11 rings (SSSR count). The summed E-state index contributed by atoms with van der Waals surface area (Å²) < 4.78 is 11.0. The molecule has 4 aromatic heterocycles. The number of thiophene rings is 1. The van der Waals surface area contributed by atoms with Crippen LogP contribution in [-0.2, 0) is 0 Å². The second-order valence-corrected chi connectivity index (χ2v) is 13.9. The van der Waals surface area contributed by atoms with E-state index in [4.69, 9.17) is 19.4 Å². The molecule has 238 valence electrons. The Hall–Kier alpha value is -6.63. The highest BCUT2D eigenvalue weighted by Gasteiger charge is 2.19. The summed E-state index contributed by atoms with van der Waals surface area (Å²) in [7, 11) is 0. The summed E-state index contributed by atoms with van der Waals surface area (Å²) in [6.07, 6.45) is 0. The lowest BCUT2D eigenvalue weighted by Crippen LogP contribution is -2.01. The number of furan rings is 1. The zero-order valence-corrected chi connectivity index (χ0v) is 27.9. The highest BCUT2D eigenvalue weighted by Crippen LogP contribution is 2.40. The lowest BCUT2D eigenvalue weighted by molar-refractivity contribution is 0.669. The molecule has 51 heavy (non-hydrogen) atoms. The molecule has 0 saturated heterocycles. The van der Waals surface area contributed by atoms with Crippen molar-refractivity contribution in [2.75, 3.05) is 0 Å². The molecule has 0 radical (unpaired) electrons. The van der Waals surface area contributed by atoms with E-state index in [1.165, 1.54) is 26.2 Å². The summed E-state index contributed by atoms with van der Waals surface area (Å²) >= 11 is 1.77. The van der Waals surface area contributed by atoms with Crippen molar-refractivity contribution in [3.05, 3.63) is 158 Å². The summed E-state index contributed by atoms with van der Waals surface area (Å²) in [6, 6.07) is 55.0. The maximum absolute atomic E-state index is 6.29. The largest absolute Gasteiger partial charge is 0.456 e. The minimum atomic E-state index is 0.595. The average Bonchev–Trinajstić information content (AvgIpc) is 3.87. The van der Waals surface area contributed by atoms with Gasteiger partial charge in [-0.3, -0.25) is 0 Å². The van der Waals surface area contributed by atoms with E-state index in [0.29, 0.717) is 17.5 Å². The fourth-order valence-electron chi connectivity index (χ4n) is 7.53. The molecule has 0 atom stereocenters. The van der Waals surface area contributed by atoms with Crippen molar-refractivity contribution < 1.29 is 4.42 Å². The number of rotatable bonds is 4. The molecule has 0 spiro atoms. The fourth-order valence-corrected chi connectivity index (χ4v) is 8.74. The molecule has 0 aliphatic rings. The fraction of sp³-hybridized carbons (Fsp3) is 0. The quantitative estimate of drug-likeness (QED) is 0.187. The van der Waals surface area contributed by atoms with Crippen LogP contribution in [0.4, 0.5) is 0 Å². The first-order chi connectivity index (χ1) is 25.3. The van der Waals surface area contributed by atoms with E-state index in [0.717, 1.165) is 60.0 Å². The van der Waals surface area contributed by atoms with E-state index in [9.17, 15) is 0 Å². The van der Waals surface area contributed by atoms with Gasteiger partial charge in [0.05, 0.1) is 11.0 Å². The average molecular weight is 671 g/mol. The van der Waals surface area contributed by atoms with E-state index < -0.39 is 0 Å². The summed E-state index contributed by atoms with van der Waals surface area (Å²) in [6.45, 7) is 0. The Balaban J connectivity index is 1.14. The van der Waals surface area contributed by atoms with E-state index in [1.807, 2.05) is 24.3 Å². The number of benzene rings is 7. The zero-order valence-electron chi connectivity index (χ0n) is 27.1. The molecule has 7 aromatic carbocycles. The summed E-state index contributed by atoms with van der Waals surface area (Å²) in [5.41, 5.74) is 7.79. The van der Waals surface area contributed by atoms with E-state index >= 15 is 0 Å². The molecule has 0 fully saturated rings. The molecule has 0 amide bonds. The van der Waals surface area contributed by atoms with Gasteiger partial charge >= 0.3 is 0 Å². The highest BCUT2D eigenvalue weighted by molar-refractivity contribution is 7.26. The van der Waals surface area contributed by atoms with Gasteiger partial charge in [0.2, 0.25) is 0 Å². The topological polar surface area (TPSA) is 56.7 Å². The lowest BCUT2D eigenvalue weighted by Gasteiger charge is -2.12. The Morgan fingerprint density at radius 3 is 1.84 bits per heavy atom. The normalized spacial score (nSPS) is 11.9. The summed E-state index contributed by atoms with van der Waals surface area (Å²) in [5, 5.41) is 7.05. The van der Waals surface area contributed by atoms with Crippen molar-refractivity contribution in [2.24, 2.45) is 0 Å². The molecule has 6 heteroatoms. The first-order valence-corrected chi connectivity index (χ1v) is 17.8. The highest BCUT2D eigenvalue weighted by atomic mass is 32.1. The predicted molar refractivity (Wildman–Crippen MR) is 211 cm³/mol. The lowest BCUT2D eigenvalue weighted by atomic mass is 10.1. The van der Waals surface area contributed by atoms with Gasteiger partial charge < -0.3 is 8.98 Å². The second kappa shape index (κ2) is 10.9. The number of nitrogens with zero attached hydrogens (tertiary/aromatic N) is 4. The molecule has 0 aliphatic carbocycles. The Bertz CT molecular complexity index is 3120. The van der Waals surface area contributed by atoms with Gasteiger partial charge in [-0.1, -0.05) is 103 Å². The molecule has 0 aliphatic heterocycles. The van der Waals surface area contributed by atoms with Crippen LogP contribution < -0.4 is 0 Å². The molecule has 0 saturated carbocycles. The third-order valence-corrected chi connectivity index (χ3v) is 11.1. The maximum atomic E-state index is 6.29. The van der Waals surface area contributed by atoms with Gasteiger partial charge in [-0.15, -0.1) is 11.3 Å². The van der Waals surface area contributed by atoms with E-state index in [2.05, 4.69) is 138 Å². The van der Waals surface area contributed by atoms with Crippen molar-refractivity contribution in [3.8, 4) is 39.9 Å². The minimum absolute atomic E-state index is 0.595. The van der Waals surface area contributed by atoms with Gasteiger partial charge in [-0.25, -0.2) is 15.0 Å². The minimum Gasteiger partial charge on any atom is -0.456 e. The SMILES string of the molecule is c1cc(-c2nc(-c3ccc4c(c3)oc3ccccc34)nc(-c3cccc4c3sc3ccccc34)n2)cc(-n2c3ccccc3c3ccccc32)c1. The van der Waals surface area contributed by atoms with Crippen LogP contribution in [0.3, 0.4) is 0 Å². The Morgan fingerprint density at radius 1 is 0.431 bits per heavy atom. The van der Waals surface area contributed by atoms with Crippen molar-refractivity contribution >= 4 is 75.3 Å². The maximum Gasteiger partial charge on any atom is 0.165 e. The second-order valence-electron chi connectivity index (χ2n) is 12.8. The first kappa shape index (κ1) is 28.2. The van der Waals surface area contributed by atoms with Crippen molar-refractivity contribution in [1.82, 2.24) is 19.5 Å². The van der Waals surface area contributed by atoms with Gasteiger partial charge in [-0.2, -0.15) is 0 Å². The molecule has 0 unspecified atom stereocenters. The van der Waals surface area contributed by atoms with E-state index in [1.54, 1.807) is 11.3 Å². The van der Waals surface area contributed by atoms with E-state index in [-0.39, 0.29) is 0 Å². The predicted octanol–water partition coefficient (Wildman–Crippen LogP) is 12.2. The van der Waals surface area contributed by atoms with Gasteiger partial charge in [0.1, 0.15) is 11.2 Å². The van der Waals surface area contributed by atoms with Crippen molar-refractivity contribution in [3.63, 3.8) is 0 Å². The number of hydrogen-bond acceptors (Lipinski definition) is 5. The van der Waals surface area contributed by atoms with Crippen LogP contribution in [0.1, 0.15) is 0 Å². The molecule has 5 nitrogen and oxygen atoms in total. The van der Waals surface area contributed by atoms with Crippen LogP contribution in [0, 0.1) is 0 Å². The molecular formula is C45H26N4OS. The Labute approximate surface area is 295 Å². The van der Waals surface area contributed by atoms with Crippen LogP contribution in [0.2, 0.25) is 0 Å². The van der Waals surface area contributed by atoms with Gasteiger partial charge in [0.15, 0.2) is 17.5 Å². The Kier molecular flexibility index (Phi) is 6.05. The third kappa shape index (κ3) is 4.37. The van der Waals surface area contributed by atoms with Crippen LogP contribution in [0.15, 0.2) is 162 Å². The number of aromatic nitrogens is 4. The third-order valence-electron chi connectivity index (χ3n) is 9.86. The van der Waals surface area contributed by atoms with Crippen molar-refractivity contribution in [2.45, 2.75) is 0 Å². The van der Waals surface area contributed by atoms with Crippen LogP contribution in [0.5, 0.6) is 0 Å². The van der Waals surface area contributed by atoms with Crippen LogP contribution >= 0.6 is 11.3 Å². The van der Waals surface area contributed by atoms with Crippen LogP contribution in [-0.4, -0.2) is 19.5 Å². The standard InChI is InChI=1S/C45H26N4OS/c1-5-19-37-30(13-1)31-14-2-6-20-38(31)49(37)29-12-9-11-27(25-29)43-46-44(28-23-24-33-32-15-3-7-21-39(32)50-40(33)26-28)48-45(47-43)36-18-10-17-35-34-16-4-8-22-41(34)51-42(35)36/h1-26H. The number of fused-ring (bicyclic) bond motifs is 9. The van der Waals surface area contributed by atoms with Crippen LogP contribution in [0.25, 0.3) is 104 Å². The molecule has 0 bridgehead atoms. The van der Waals surface area contributed by atoms with Crippen molar-refractivity contribution in [1.29, 1.82) is 0 Å². The van der Waals surface area contributed by atoms with Gasteiger partial charge in [0.25, 0.3) is 0 Å². The first-order valence-electron chi connectivity index (χ1n) is 16.9. The monoisotopic (exact) mass is 670 g/mol. The molecule has 0 N–H and O–H groups in total. The number of hydrogen-bond donors (Lipinski definition) is 0. The molecule has 11 aromatic rings. The summed E-state index contributed by atoms with van der Waals surface area (Å²) in [4.78, 5) is 15.5. The Morgan fingerprint density at radius 2 is 1.04 bits per heavy atom. The summed E-state index contributed by atoms with van der Waals surface area (Å²) in [5.74, 6) is 1.84. The molecular weight excluding hydrogens is 645 g/mol. The number of para-hydroxylation sites is 3. The molecule has 4 heterocycles. The zero-order chi connectivity index (χ0) is 33.5.